The number of hydrogen-bond donors (Lipinski definition) is 1. The molecule has 4 saturated carbocycles. The van der Waals surface area contributed by atoms with Crippen molar-refractivity contribution in [2.24, 2.45) is 17.3 Å². The van der Waals surface area contributed by atoms with E-state index < -0.39 is 5.41 Å². The summed E-state index contributed by atoms with van der Waals surface area (Å²) in [5, 5.41) is 3.17. The van der Waals surface area contributed by atoms with E-state index in [1.165, 1.54) is 6.42 Å². The Bertz CT molecular complexity index is 749. The quantitative estimate of drug-likeness (QED) is 0.593. The Labute approximate surface area is 163 Å². The lowest BCUT2D eigenvalue weighted by atomic mass is 9.49. The lowest BCUT2D eigenvalue weighted by Gasteiger charge is -2.58. The molecule has 1 amide bonds. The highest BCUT2D eigenvalue weighted by Gasteiger charge is 2.60. The van der Waals surface area contributed by atoms with Gasteiger partial charge in [0, 0.05) is 4.87 Å². The number of hydrogen-bond acceptors (Lipinski definition) is 3. The molecule has 4 aliphatic carbocycles. The molecule has 4 bridgehead atoms. The minimum absolute atomic E-state index is 0.249. The molecule has 0 aliphatic heterocycles. The van der Waals surface area contributed by atoms with Gasteiger partial charge in [-0.25, -0.2) is 0 Å². The summed E-state index contributed by atoms with van der Waals surface area (Å²) in [6, 6.07) is 5.38. The van der Waals surface area contributed by atoms with Gasteiger partial charge in [0.05, 0.1) is 16.1 Å². The number of halogens is 2. The van der Waals surface area contributed by atoms with Gasteiger partial charge in [-0.3, -0.25) is 9.59 Å². The zero-order valence-corrected chi connectivity index (χ0v) is 16.3. The number of aryl methyl sites for hydroxylation is 1. The maximum Gasteiger partial charge on any atom is 0.312 e. The molecule has 0 spiro atoms. The van der Waals surface area contributed by atoms with Crippen molar-refractivity contribution >= 4 is 40.8 Å². The number of nitrogens with one attached hydrogen (secondary N) is 1. The van der Waals surface area contributed by atoms with Crippen LogP contribution in [0.3, 0.4) is 0 Å². The summed E-state index contributed by atoms with van der Waals surface area (Å²) in [5.41, 5.74) is 1.04. The average molecular weight is 396 g/mol. The number of carbonyl (C=O) groups is 2. The Hall–Kier alpha value is -1.26. The highest BCUT2D eigenvalue weighted by atomic mass is 35.5. The second kappa shape index (κ2) is 6.42. The number of ether oxygens (including phenoxy) is 1. The van der Waals surface area contributed by atoms with Gasteiger partial charge in [0.2, 0.25) is 0 Å². The van der Waals surface area contributed by atoms with Gasteiger partial charge in [0.15, 0.2) is 6.61 Å². The SMILES string of the molecule is Cc1ccc(NC(=O)COC(=O)C23C[C@@H]4C[C@@H](CC(Cl)(C4)C2)C3)c(Cl)c1. The average Bonchev–Trinajstić information content (AvgIpc) is 2.53. The van der Waals surface area contributed by atoms with Crippen LogP contribution < -0.4 is 5.32 Å². The fourth-order valence-electron chi connectivity index (χ4n) is 5.58. The van der Waals surface area contributed by atoms with Gasteiger partial charge in [-0.2, -0.15) is 0 Å². The minimum atomic E-state index is -0.492. The Morgan fingerprint density at radius 1 is 1.23 bits per heavy atom. The van der Waals surface area contributed by atoms with E-state index in [0.717, 1.165) is 31.2 Å². The van der Waals surface area contributed by atoms with Crippen LogP contribution in [-0.2, 0) is 14.3 Å². The minimum Gasteiger partial charge on any atom is -0.455 e. The Kier molecular flexibility index (Phi) is 4.47. The van der Waals surface area contributed by atoms with Crippen LogP contribution in [0, 0.1) is 24.2 Å². The molecule has 0 heterocycles. The normalized spacial score (nSPS) is 34.6. The van der Waals surface area contributed by atoms with Gasteiger partial charge in [-0.05, 0) is 75.0 Å². The first-order valence-electron chi connectivity index (χ1n) is 9.19. The molecule has 4 nitrogen and oxygen atoms in total. The molecule has 1 aromatic carbocycles. The summed E-state index contributed by atoms with van der Waals surface area (Å²) < 4.78 is 5.42. The molecule has 1 N–H and O–H groups in total. The monoisotopic (exact) mass is 395 g/mol. The van der Waals surface area contributed by atoms with Crippen LogP contribution in [0.15, 0.2) is 18.2 Å². The number of amides is 1. The molecule has 140 valence electrons. The topological polar surface area (TPSA) is 55.4 Å². The van der Waals surface area contributed by atoms with Gasteiger partial charge in [0.25, 0.3) is 5.91 Å². The highest BCUT2D eigenvalue weighted by Crippen LogP contribution is 2.64. The Morgan fingerprint density at radius 2 is 1.92 bits per heavy atom. The van der Waals surface area contributed by atoms with Crippen molar-refractivity contribution in [1.29, 1.82) is 0 Å². The molecule has 2 unspecified atom stereocenters. The number of benzene rings is 1. The van der Waals surface area contributed by atoms with E-state index in [1.807, 2.05) is 13.0 Å². The lowest BCUT2D eigenvalue weighted by molar-refractivity contribution is -0.171. The molecule has 4 fully saturated rings. The summed E-state index contributed by atoms with van der Waals surface area (Å²) in [7, 11) is 0. The van der Waals surface area contributed by atoms with Crippen LogP contribution in [0.5, 0.6) is 0 Å². The molecule has 5 rings (SSSR count). The van der Waals surface area contributed by atoms with Crippen molar-refractivity contribution in [2.45, 2.75) is 50.3 Å². The van der Waals surface area contributed by atoms with Crippen LogP contribution in [0.25, 0.3) is 0 Å². The molecule has 0 saturated heterocycles. The zero-order valence-electron chi connectivity index (χ0n) is 14.8. The number of alkyl halides is 1. The highest BCUT2D eigenvalue weighted by molar-refractivity contribution is 6.33. The van der Waals surface area contributed by atoms with Crippen LogP contribution >= 0.6 is 23.2 Å². The van der Waals surface area contributed by atoms with E-state index in [4.69, 9.17) is 27.9 Å². The number of anilines is 1. The Balaban J connectivity index is 1.37. The molecule has 0 aromatic heterocycles. The van der Waals surface area contributed by atoms with E-state index in [9.17, 15) is 9.59 Å². The van der Waals surface area contributed by atoms with Crippen molar-refractivity contribution in [3.8, 4) is 0 Å². The van der Waals surface area contributed by atoms with Crippen LogP contribution in [0.1, 0.15) is 44.1 Å². The first-order chi connectivity index (χ1) is 12.3. The van der Waals surface area contributed by atoms with Gasteiger partial charge in [-0.15, -0.1) is 11.6 Å². The largest absolute Gasteiger partial charge is 0.455 e. The molecule has 1 aromatic rings. The maximum atomic E-state index is 12.8. The second-order valence-corrected chi connectivity index (χ2v) is 9.71. The van der Waals surface area contributed by atoms with Crippen molar-refractivity contribution in [2.75, 3.05) is 11.9 Å². The van der Waals surface area contributed by atoms with Crippen molar-refractivity contribution in [1.82, 2.24) is 0 Å². The third-order valence-corrected chi connectivity index (χ3v) is 6.91. The molecular weight excluding hydrogens is 373 g/mol. The summed E-state index contributed by atoms with van der Waals surface area (Å²) in [4.78, 5) is 24.7. The first kappa shape index (κ1) is 18.1. The van der Waals surface area contributed by atoms with Gasteiger partial charge < -0.3 is 10.1 Å². The summed E-state index contributed by atoms with van der Waals surface area (Å²) in [6.45, 7) is 1.63. The number of rotatable bonds is 4. The number of carbonyl (C=O) groups excluding carboxylic acids is 2. The van der Waals surface area contributed by atoms with E-state index in [0.29, 0.717) is 29.0 Å². The molecule has 4 aliphatic rings. The third-order valence-electron chi connectivity index (χ3n) is 6.16. The number of esters is 1. The second-order valence-electron chi connectivity index (χ2n) is 8.50. The Morgan fingerprint density at radius 3 is 2.54 bits per heavy atom. The summed E-state index contributed by atoms with van der Waals surface area (Å²) in [6.07, 6.45) is 5.57. The molecular formula is C20H23Cl2NO3. The zero-order chi connectivity index (χ0) is 18.5. The fraction of sp³-hybridized carbons (Fsp3) is 0.600. The predicted molar refractivity (Wildman–Crippen MR) is 101 cm³/mol. The van der Waals surface area contributed by atoms with Gasteiger partial charge in [0.1, 0.15) is 0 Å². The lowest BCUT2D eigenvalue weighted by Crippen LogP contribution is -2.56. The van der Waals surface area contributed by atoms with Crippen molar-refractivity contribution in [3.05, 3.63) is 28.8 Å². The predicted octanol–water partition coefficient (Wildman–Crippen LogP) is 4.71. The summed E-state index contributed by atoms with van der Waals surface area (Å²) in [5.74, 6) is 0.388. The van der Waals surface area contributed by atoms with Crippen molar-refractivity contribution in [3.63, 3.8) is 0 Å². The van der Waals surface area contributed by atoms with Crippen LogP contribution in [0.4, 0.5) is 5.69 Å². The van der Waals surface area contributed by atoms with E-state index in [2.05, 4.69) is 5.32 Å². The van der Waals surface area contributed by atoms with E-state index >= 15 is 0 Å². The maximum absolute atomic E-state index is 12.8. The molecule has 4 atom stereocenters. The molecule has 0 radical (unpaired) electrons. The molecule has 26 heavy (non-hydrogen) atoms. The smallest absolute Gasteiger partial charge is 0.312 e. The standard InChI is InChI=1S/C20H23Cl2NO3/c1-12-2-3-16(15(21)4-12)23-17(24)10-26-18(25)19-6-13-5-14(7-19)9-20(22,8-13)11-19/h2-4,13-14H,5-11H2,1H3,(H,23,24)/t13-,14+,19?,20?. The fourth-order valence-corrected chi connectivity index (χ4v) is 6.56. The molecule has 6 heteroatoms. The van der Waals surface area contributed by atoms with Gasteiger partial charge >= 0.3 is 5.97 Å². The van der Waals surface area contributed by atoms with E-state index in [1.54, 1.807) is 12.1 Å². The third kappa shape index (κ3) is 3.34. The van der Waals surface area contributed by atoms with Crippen LogP contribution in [-0.4, -0.2) is 23.4 Å². The summed E-state index contributed by atoms with van der Waals surface area (Å²) >= 11 is 12.9. The van der Waals surface area contributed by atoms with Gasteiger partial charge in [-0.1, -0.05) is 17.7 Å². The first-order valence-corrected chi connectivity index (χ1v) is 9.95. The van der Waals surface area contributed by atoms with Crippen molar-refractivity contribution < 1.29 is 14.3 Å². The van der Waals surface area contributed by atoms with Crippen LogP contribution in [0.2, 0.25) is 5.02 Å². The van der Waals surface area contributed by atoms with E-state index in [-0.39, 0.29) is 23.4 Å².